The molecule has 1 aliphatic rings. The van der Waals surface area contributed by atoms with Crippen LogP contribution in [0.1, 0.15) is 12.5 Å². The third kappa shape index (κ3) is 4.68. The first-order valence-corrected chi connectivity index (χ1v) is 9.60. The first-order chi connectivity index (χ1) is 11.6. The number of thioether (sulfide) groups is 1. The van der Waals surface area contributed by atoms with Gasteiger partial charge in [-0.1, -0.05) is 35.2 Å². The Labute approximate surface area is 149 Å². The summed E-state index contributed by atoms with van der Waals surface area (Å²) in [6, 6.07) is 8.09. The molecule has 1 N–H and O–H groups in total. The summed E-state index contributed by atoms with van der Waals surface area (Å²) in [5.74, 6) is 0.504. The Hall–Kier alpha value is -1.64. The van der Waals surface area contributed by atoms with Gasteiger partial charge in [-0.3, -0.25) is 4.79 Å². The standard InChI is InChI=1S/C16H20N4O2S2/c1-11-4-3-5-13(8-11)17-15-18-19-16(24-15)23-10-14(21)20-6-7-22-12(2)9-20/h3-5,8,12H,6-7,9-10H2,1-2H3,(H,17,18). The third-order valence-electron chi connectivity index (χ3n) is 3.59. The monoisotopic (exact) mass is 364 g/mol. The second-order valence-electron chi connectivity index (χ2n) is 5.68. The number of carbonyl (C=O) groups excluding carboxylic acids is 1. The van der Waals surface area contributed by atoms with Crippen LogP contribution in [0.15, 0.2) is 28.6 Å². The summed E-state index contributed by atoms with van der Waals surface area (Å²) in [6.45, 7) is 5.97. The first-order valence-electron chi connectivity index (χ1n) is 7.79. The van der Waals surface area contributed by atoms with E-state index in [2.05, 4.69) is 21.6 Å². The summed E-state index contributed by atoms with van der Waals surface area (Å²) in [7, 11) is 0. The molecule has 6 nitrogen and oxygen atoms in total. The van der Waals surface area contributed by atoms with E-state index in [1.54, 1.807) is 0 Å². The molecule has 1 fully saturated rings. The molecule has 2 aromatic rings. The highest BCUT2D eigenvalue weighted by molar-refractivity contribution is 8.01. The second-order valence-corrected chi connectivity index (χ2v) is 7.88. The van der Waals surface area contributed by atoms with E-state index in [-0.39, 0.29) is 12.0 Å². The van der Waals surface area contributed by atoms with E-state index < -0.39 is 0 Å². The van der Waals surface area contributed by atoms with Crippen molar-refractivity contribution in [2.24, 2.45) is 0 Å². The number of ether oxygens (including phenoxy) is 1. The minimum atomic E-state index is 0.111. The minimum Gasteiger partial charge on any atom is -0.375 e. The topological polar surface area (TPSA) is 67.4 Å². The summed E-state index contributed by atoms with van der Waals surface area (Å²) in [6.07, 6.45) is 0.111. The van der Waals surface area contributed by atoms with Gasteiger partial charge in [-0.15, -0.1) is 10.2 Å². The lowest BCUT2D eigenvalue weighted by molar-refractivity contribution is -0.135. The maximum Gasteiger partial charge on any atom is 0.233 e. The molecule has 1 aromatic heterocycles. The van der Waals surface area contributed by atoms with Crippen LogP contribution >= 0.6 is 23.1 Å². The van der Waals surface area contributed by atoms with Crippen LogP contribution in [0.5, 0.6) is 0 Å². The first kappa shape index (κ1) is 17.2. The van der Waals surface area contributed by atoms with Gasteiger partial charge in [-0.05, 0) is 31.5 Å². The van der Waals surface area contributed by atoms with Gasteiger partial charge in [0.15, 0.2) is 4.34 Å². The number of benzene rings is 1. The van der Waals surface area contributed by atoms with Gasteiger partial charge in [0.25, 0.3) is 0 Å². The molecule has 1 aromatic carbocycles. The van der Waals surface area contributed by atoms with Crippen LogP contribution in [0.4, 0.5) is 10.8 Å². The molecular weight excluding hydrogens is 344 g/mol. The number of aryl methyl sites for hydroxylation is 1. The molecule has 2 heterocycles. The van der Waals surface area contributed by atoms with Crippen molar-refractivity contribution in [2.75, 3.05) is 30.8 Å². The number of nitrogens with one attached hydrogen (secondary N) is 1. The summed E-state index contributed by atoms with van der Waals surface area (Å²) in [5.41, 5.74) is 2.17. The zero-order valence-electron chi connectivity index (χ0n) is 13.7. The summed E-state index contributed by atoms with van der Waals surface area (Å²) < 4.78 is 6.25. The average Bonchev–Trinajstić information content (AvgIpc) is 3.00. The van der Waals surface area contributed by atoms with Crippen LogP contribution in [0, 0.1) is 6.92 Å². The van der Waals surface area contributed by atoms with Crippen LogP contribution in [0.3, 0.4) is 0 Å². The Bertz CT molecular complexity index is 707. The molecule has 0 spiro atoms. The molecule has 1 unspecified atom stereocenters. The Balaban J connectivity index is 1.51. The minimum absolute atomic E-state index is 0.111. The van der Waals surface area contributed by atoms with Crippen LogP contribution < -0.4 is 5.32 Å². The van der Waals surface area contributed by atoms with E-state index in [1.807, 2.05) is 36.9 Å². The molecule has 128 valence electrons. The number of hydrogen-bond donors (Lipinski definition) is 1. The van der Waals surface area contributed by atoms with Crippen molar-refractivity contribution in [1.82, 2.24) is 15.1 Å². The molecule has 0 saturated carbocycles. The predicted molar refractivity (Wildman–Crippen MR) is 97.1 cm³/mol. The Morgan fingerprint density at radius 1 is 1.50 bits per heavy atom. The predicted octanol–water partition coefficient (Wildman–Crippen LogP) is 2.93. The van der Waals surface area contributed by atoms with Gasteiger partial charge in [0.05, 0.1) is 18.5 Å². The molecule has 1 amide bonds. The molecule has 1 aliphatic heterocycles. The van der Waals surface area contributed by atoms with Crippen LogP contribution in [0.25, 0.3) is 0 Å². The summed E-state index contributed by atoms with van der Waals surface area (Å²) in [4.78, 5) is 14.1. The number of anilines is 2. The van der Waals surface area contributed by atoms with Crippen molar-refractivity contribution < 1.29 is 9.53 Å². The molecule has 3 rings (SSSR count). The molecule has 8 heteroatoms. The van der Waals surface area contributed by atoms with Gasteiger partial charge in [0.1, 0.15) is 0 Å². The van der Waals surface area contributed by atoms with Crippen LogP contribution in [0.2, 0.25) is 0 Å². The maximum absolute atomic E-state index is 12.2. The van der Waals surface area contributed by atoms with E-state index in [0.717, 1.165) is 15.2 Å². The number of rotatable bonds is 5. The lowest BCUT2D eigenvalue weighted by Crippen LogP contribution is -2.45. The Morgan fingerprint density at radius 3 is 3.17 bits per heavy atom. The summed E-state index contributed by atoms with van der Waals surface area (Å²) in [5, 5.41) is 12.2. The van der Waals surface area contributed by atoms with Crippen molar-refractivity contribution >= 4 is 39.8 Å². The van der Waals surface area contributed by atoms with Crippen molar-refractivity contribution in [3.8, 4) is 0 Å². The third-order valence-corrected chi connectivity index (χ3v) is 5.55. The number of nitrogens with zero attached hydrogens (tertiary/aromatic N) is 3. The lowest BCUT2D eigenvalue weighted by Gasteiger charge is -2.31. The highest BCUT2D eigenvalue weighted by atomic mass is 32.2. The number of amides is 1. The lowest BCUT2D eigenvalue weighted by atomic mass is 10.2. The van der Waals surface area contributed by atoms with Crippen molar-refractivity contribution in [3.63, 3.8) is 0 Å². The fourth-order valence-electron chi connectivity index (χ4n) is 2.42. The normalized spacial score (nSPS) is 17.8. The van der Waals surface area contributed by atoms with Gasteiger partial charge >= 0.3 is 0 Å². The van der Waals surface area contributed by atoms with Crippen LogP contribution in [-0.2, 0) is 9.53 Å². The Morgan fingerprint density at radius 2 is 2.38 bits per heavy atom. The van der Waals surface area contributed by atoms with E-state index in [4.69, 9.17) is 4.74 Å². The zero-order chi connectivity index (χ0) is 16.9. The molecule has 24 heavy (non-hydrogen) atoms. The largest absolute Gasteiger partial charge is 0.375 e. The number of hydrogen-bond acceptors (Lipinski definition) is 7. The SMILES string of the molecule is Cc1cccc(Nc2nnc(SCC(=O)N3CCOC(C)C3)s2)c1. The quantitative estimate of drug-likeness (QED) is 0.823. The molecule has 0 radical (unpaired) electrons. The van der Waals surface area contributed by atoms with E-state index in [0.29, 0.717) is 25.4 Å². The second kappa shape index (κ2) is 7.96. The number of aromatic nitrogens is 2. The van der Waals surface area contributed by atoms with Crippen molar-refractivity contribution in [2.45, 2.75) is 24.3 Å². The van der Waals surface area contributed by atoms with Gasteiger partial charge in [0, 0.05) is 18.8 Å². The zero-order valence-corrected chi connectivity index (χ0v) is 15.3. The van der Waals surface area contributed by atoms with Gasteiger partial charge in [-0.2, -0.15) is 0 Å². The van der Waals surface area contributed by atoms with Gasteiger partial charge in [0.2, 0.25) is 11.0 Å². The molecular formula is C16H20N4O2S2. The average molecular weight is 364 g/mol. The van der Waals surface area contributed by atoms with Crippen molar-refractivity contribution in [3.05, 3.63) is 29.8 Å². The number of carbonyl (C=O) groups is 1. The molecule has 0 aliphatic carbocycles. The van der Waals surface area contributed by atoms with E-state index in [1.165, 1.54) is 28.7 Å². The fourth-order valence-corrected chi connectivity index (χ4v) is 4.10. The van der Waals surface area contributed by atoms with E-state index in [9.17, 15) is 4.79 Å². The van der Waals surface area contributed by atoms with Gasteiger partial charge < -0.3 is 15.0 Å². The maximum atomic E-state index is 12.2. The summed E-state index contributed by atoms with van der Waals surface area (Å²) >= 11 is 2.89. The Kier molecular flexibility index (Phi) is 5.70. The smallest absolute Gasteiger partial charge is 0.233 e. The van der Waals surface area contributed by atoms with Crippen molar-refractivity contribution in [1.29, 1.82) is 0 Å². The molecule has 1 atom stereocenters. The molecule has 1 saturated heterocycles. The van der Waals surface area contributed by atoms with Crippen LogP contribution in [-0.4, -0.2) is 52.6 Å². The highest BCUT2D eigenvalue weighted by Gasteiger charge is 2.21. The fraction of sp³-hybridized carbons (Fsp3) is 0.438. The van der Waals surface area contributed by atoms with E-state index >= 15 is 0 Å². The number of morpholine rings is 1. The highest BCUT2D eigenvalue weighted by Crippen LogP contribution is 2.28. The molecule has 0 bridgehead atoms. The van der Waals surface area contributed by atoms with Gasteiger partial charge in [-0.25, -0.2) is 0 Å².